The predicted octanol–water partition coefficient (Wildman–Crippen LogP) is 5.14. The van der Waals surface area contributed by atoms with Crippen LogP contribution in [0.3, 0.4) is 0 Å². The molecule has 1 unspecified atom stereocenters. The molecule has 0 bridgehead atoms. The summed E-state index contributed by atoms with van der Waals surface area (Å²) >= 11 is 6.13. The highest BCUT2D eigenvalue weighted by Gasteiger charge is 2.52. The van der Waals surface area contributed by atoms with Crippen molar-refractivity contribution in [3.05, 3.63) is 70.0 Å². The molecule has 226 valence electrons. The molecule has 0 saturated heterocycles. The first-order valence-electron chi connectivity index (χ1n) is 14.4. The Morgan fingerprint density at radius 3 is 2.40 bits per heavy atom. The molecule has 2 aromatic carbocycles. The van der Waals surface area contributed by atoms with Gasteiger partial charge in [-0.1, -0.05) is 63.6 Å². The van der Waals surface area contributed by atoms with Crippen molar-refractivity contribution in [2.75, 3.05) is 13.6 Å². The standard InChI is InChI=1S/C28H32ClFN2O2.C3H9N5/c1-5-24(19-8-6-18(17-33)7-9-19)32-26(34)25(20-14-22(29)16-23(30)15-20)31-28(32)12-10-21(11-13-28)27(2,3)4;1-4-2-3-5-7-8-6-3/h6-9,14-17,21,24H,5,10-13H2,1-4H3;4,7-8H,2H2,1H3,(H,5,6). The summed E-state index contributed by atoms with van der Waals surface area (Å²) in [6, 6.07) is 11.4. The Bertz CT molecular complexity index is 1310. The first-order valence-corrected chi connectivity index (χ1v) is 14.8. The average molecular weight is 598 g/mol. The van der Waals surface area contributed by atoms with Crippen LogP contribution in [0.25, 0.3) is 0 Å². The van der Waals surface area contributed by atoms with Crippen LogP contribution in [0.15, 0.2) is 52.6 Å². The van der Waals surface area contributed by atoms with Gasteiger partial charge in [0.1, 0.15) is 23.5 Å². The third-order valence-electron chi connectivity index (χ3n) is 8.29. The van der Waals surface area contributed by atoms with Crippen LogP contribution in [0.1, 0.15) is 87.3 Å². The van der Waals surface area contributed by atoms with E-state index in [1.165, 1.54) is 12.1 Å². The zero-order valence-corrected chi connectivity index (χ0v) is 25.7. The molecule has 1 atom stereocenters. The minimum atomic E-state index is -0.670. The van der Waals surface area contributed by atoms with Gasteiger partial charge in [-0.3, -0.25) is 20.0 Å². The molecule has 1 fully saturated rings. The molecular weight excluding hydrogens is 557 g/mol. The second-order valence-corrected chi connectivity index (χ2v) is 12.5. The first kappa shape index (κ1) is 31.6. The highest BCUT2D eigenvalue weighted by molar-refractivity contribution is 6.47. The van der Waals surface area contributed by atoms with E-state index in [1.54, 1.807) is 18.2 Å². The van der Waals surface area contributed by atoms with Gasteiger partial charge in [0.05, 0.1) is 12.6 Å². The minimum absolute atomic E-state index is 0.187. The SMILES string of the molecule is CCC(c1ccc(C=O)cc1)N1C(=O)C(c2cc(F)cc(Cl)c2)=NC12CCC(C(C)(C)C)CC2.CNCC1=NNNN1. The number of aliphatic imine (C=N–C) groups is 1. The summed E-state index contributed by atoms with van der Waals surface area (Å²) < 4.78 is 14.2. The van der Waals surface area contributed by atoms with Crippen molar-refractivity contribution in [2.45, 2.75) is 71.5 Å². The van der Waals surface area contributed by atoms with E-state index in [2.05, 4.69) is 54.6 Å². The lowest BCUT2D eigenvalue weighted by Gasteiger charge is -2.47. The van der Waals surface area contributed by atoms with Gasteiger partial charge in [-0.05, 0) is 74.2 Å². The second-order valence-electron chi connectivity index (χ2n) is 12.1. The zero-order valence-electron chi connectivity index (χ0n) is 24.9. The number of likely N-dealkylation sites (N-methyl/N-ethyl adjacent to an activating group) is 1. The molecule has 0 aromatic heterocycles. The van der Waals surface area contributed by atoms with Crippen molar-refractivity contribution < 1.29 is 14.0 Å². The molecule has 9 nitrogen and oxygen atoms in total. The van der Waals surface area contributed by atoms with Crippen LogP contribution in [0.2, 0.25) is 5.02 Å². The summed E-state index contributed by atoms with van der Waals surface area (Å²) in [4.78, 5) is 32.1. The van der Waals surface area contributed by atoms with E-state index < -0.39 is 11.5 Å². The number of rotatable bonds is 7. The van der Waals surface area contributed by atoms with E-state index in [9.17, 15) is 14.0 Å². The van der Waals surface area contributed by atoms with E-state index >= 15 is 0 Å². The Morgan fingerprint density at radius 2 is 1.88 bits per heavy atom. The molecule has 5 rings (SSSR count). The smallest absolute Gasteiger partial charge is 0.275 e. The van der Waals surface area contributed by atoms with Crippen LogP contribution < -0.4 is 21.8 Å². The van der Waals surface area contributed by atoms with E-state index in [1.807, 2.05) is 24.1 Å². The summed E-state index contributed by atoms with van der Waals surface area (Å²) in [6.07, 6.45) is 4.97. The number of amidine groups is 1. The lowest BCUT2D eigenvalue weighted by atomic mass is 9.69. The van der Waals surface area contributed by atoms with Crippen LogP contribution in [-0.2, 0) is 4.79 Å². The summed E-state index contributed by atoms with van der Waals surface area (Å²) in [5, 5.41) is 6.99. The van der Waals surface area contributed by atoms with Gasteiger partial charge < -0.3 is 10.2 Å². The molecule has 11 heteroatoms. The number of amides is 1. The maximum atomic E-state index is 14.2. The van der Waals surface area contributed by atoms with Crippen molar-refractivity contribution >= 4 is 35.3 Å². The number of carbonyl (C=O) groups excluding carboxylic acids is 2. The van der Waals surface area contributed by atoms with Crippen LogP contribution >= 0.6 is 11.6 Å². The minimum Gasteiger partial charge on any atom is -0.313 e. The van der Waals surface area contributed by atoms with E-state index in [0.717, 1.165) is 49.9 Å². The number of aldehydes is 1. The number of hydrogen-bond acceptors (Lipinski definition) is 8. The first-order chi connectivity index (χ1) is 20.0. The molecule has 42 heavy (non-hydrogen) atoms. The Morgan fingerprint density at radius 1 is 1.19 bits per heavy atom. The Kier molecular flexibility index (Phi) is 10.0. The van der Waals surface area contributed by atoms with Crippen molar-refractivity contribution in [3.63, 3.8) is 0 Å². The van der Waals surface area contributed by atoms with Gasteiger partial charge in [-0.25, -0.2) is 9.93 Å². The third-order valence-corrected chi connectivity index (χ3v) is 8.51. The summed E-state index contributed by atoms with van der Waals surface area (Å²) in [7, 11) is 1.86. The molecular formula is C31H41ClFN7O2. The number of carbonyl (C=O) groups is 2. The monoisotopic (exact) mass is 597 g/mol. The number of benzene rings is 2. The topological polar surface area (TPSA) is 110 Å². The van der Waals surface area contributed by atoms with E-state index in [4.69, 9.17) is 16.6 Å². The van der Waals surface area contributed by atoms with Crippen molar-refractivity contribution in [3.8, 4) is 0 Å². The number of halogens is 2. The Labute approximate surface area is 252 Å². The van der Waals surface area contributed by atoms with Crippen LogP contribution in [0.4, 0.5) is 4.39 Å². The molecule has 2 aliphatic heterocycles. The van der Waals surface area contributed by atoms with Crippen molar-refractivity contribution in [1.29, 1.82) is 0 Å². The number of nitrogens with zero attached hydrogens (tertiary/aromatic N) is 3. The molecule has 0 radical (unpaired) electrons. The van der Waals surface area contributed by atoms with Crippen LogP contribution in [-0.4, -0.2) is 47.9 Å². The maximum Gasteiger partial charge on any atom is 0.275 e. The summed E-state index contributed by atoms with van der Waals surface area (Å²) in [5.41, 5.74) is 9.71. The summed E-state index contributed by atoms with van der Waals surface area (Å²) in [6.45, 7) is 9.59. The normalized spacial score (nSPS) is 22.5. The number of hydrazine groups is 2. The van der Waals surface area contributed by atoms with E-state index in [0.29, 0.717) is 23.5 Å². The quantitative estimate of drug-likeness (QED) is 0.329. The van der Waals surface area contributed by atoms with Gasteiger partial charge in [0.25, 0.3) is 5.91 Å². The van der Waals surface area contributed by atoms with Crippen LogP contribution in [0, 0.1) is 17.2 Å². The fraction of sp³-hybridized carbons (Fsp3) is 0.484. The average Bonchev–Trinajstić information content (AvgIpc) is 3.56. The lowest BCUT2D eigenvalue weighted by molar-refractivity contribution is -0.133. The van der Waals surface area contributed by atoms with Crippen molar-refractivity contribution in [2.24, 2.45) is 21.4 Å². The summed E-state index contributed by atoms with van der Waals surface area (Å²) in [5.74, 6) is 0.734. The molecule has 2 aromatic rings. The predicted molar refractivity (Wildman–Crippen MR) is 165 cm³/mol. The van der Waals surface area contributed by atoms with Crippen molar-refractivity contribution in [1.82, 2.24) is 26.7 Å². The highest BCUT2D eigenvalue weighted by atomic mass is 35.5. The van der Waals surface area contributed by atoms with Gasteiger partial charge in [-0.2, -0.15) is 0 Å². The number of hydrogen-bond donors (Lipinski definition) is 4. The van der Waals surface area contributed by atoms with Gasteiger partial charge in [0.15, 0.2) is 5.84 Å². The number of nitrogens with one attached hydrogen (secondary N) is 4. The molecule has 4 N–H and O–H groups in total. The largest absolute Gasteiger partial charge is 0.313 e. The third kappa shape index (κ3) is 6.99. The lowest BCUT2D eigenvalue weighted by Crippen LogP contribution is -2.51. The van der Waals surface area contributed by atoms with Gasteiger partial charge in [0, 0.05) is 16.1 Å². The zero-order chi connectivity index (χ0) is 30.5. The maximum absolute atomic E-state index is 14.2. The molecule has 1 aliphatic carbocycles. The molecule has 1 amide bonds. The van der Waals surface area contributed by atoms with Gasteiger partial charge >= 0.3 is 0 Å². The molecule has 3 aliphatic rings. The molecule has 1 saturated carbocycles. The van der Waals surface area contributed by atoms with Gasteiger partial charge in [0.2, 0.25) is 0 Å². The van der Waals surface area contributed by atoms with Gasteiger partial charge in [-0.15, -0.1) is 10.6 Å². The fourth-order valence-electron chi connectivity index (χ4n) is 6.06. The van der Waals surface area contributed by atoms with E-state index in [-0.39, 0.29) is 28.1 Å². The fourth-order valence-corrected chi connectivity index (χ4v) is 6.28. The molecule has 1 spiro atoms. The molecule has 2 heterocycles. The number of hydrazone groups is 1. The Hall–Kier alpha value is -3.34. The second kappa shape index (κ2) is 13.3. The highest BCUT2D eigenvalue weighted by Crippen LogP contribution is 2.49. The van der Waals surface area contributed by atoms with Crippen LogP contribution in [0.5, 0.6) is 0 Å². The Balaban J connectivity index is 0.000000437.